The van der Waals surface area contributed by atoms with E-state index in [1.165, 1.54) is 18.4 Å². The average Bonchev–Trinajstić information content (AvgIpc) is 2.02. The van der Waals surface area contributed by atoms with Gasteiger partial charge in [0.2, 0.25) is 0 Å². The molecule has 0 spiro atoms. The van der Waals surface area contributed by atoms with Crippen LogP contribution in [-0.2, 0) is 0 Å². The molecule has 0 fully saturated rings. The van der Waals surface area contributed by atoms with E-state index in [4.69, 9.17) is 5.11 Å². The van der Waals surface area contributed by atoms with Crippen LogP contribution >= 0.6 is 0 Å². The quantitative estimate of drug-likeness (QED) is 0.607. The first-order chi connectivity index (χ1) is 5.70. The maximum absolute atomic E-state index is 8.68. The lowest BCUT2D eigenvalue weighted by atomic mass is 10.0. The normalized spacial score (nSPS) is 14.8. The monoisotopic (exact) mass is 170 g/mol. The molecule has 1 atom stereocenters. The van der Waals surface area contributed by atoms with Gasteiger partial charge in [-0.25, -0.2) is 0 Å². The Morgan fingerprint density at radius 2 is 2.17 bits per heavy atom. The number of hydrogen-bond donors (Lipinski definition) is 1. The second kappa shape index (κ2) is 7.35. The molecule has 0 aliphatic carbocycles. The van der Waals surface area contributed by atoms with Gasteiger partial charge in [0.05, 0.1) is 0 Å². The highest BCUT2D eigenvalue weighted by molar-refractivity contribution is 4.97. The number of aliphatic hydroxyl groups is 1. The molecule has 12 heavy (non-hydrogen) atoms. The first kappa shape index (κ1) is 11.7. The van der Waals surface area contributed by atoms with Gasteiger partial charge in [-0.05, 0) is 32.1 Å². The minimum atomic E-state index is 0.321. The van der Waals surface area contributed by atoms with Gasteiger partial charge < -0.3 is 5.11 Å². The Hall–Kier alpha value is -0.300. The molecule has 0 rings (SSSR count). The summed E-state index contributed by atoms with van der Waals surface area (Å²) in [4.78, 5) is 0. The summed E-state index contributed by atoms with van der Waals surface area (Å²) in [6.45, 7) is 6.90. The lowest BCUT2D eigenvalue weighted by Crippen LogP contribution is -1.96. The zero-order chi connectivity index (χ0) is 9.40. The van der Waals surface area contributed by atoms with Crippen molar-refractivity contribution in [2.24, 2.45) is 5.92 Å². The fourth-order valence-corrected chi connectivity index (χ4v) is 1.24. The molecule has 0 aromatic heterocycles. The number of aliphatic hydroxyl groups excluding tert-OH is 1. The van der Waals surface area contributed by atoms with E-state index >= 15 is 0 Å². The van der Waals surface area contributed by atoms with Gasteiger partial charge in [-0.2, -0.15) is 0 Å². The van der Waals surface area contributed by atoms with Gasteiger partial charge >= 0.3 is 0 Å². The van der Waals surface area contributed by atoms with Crippen LogP contribution in [0.15, 0.2) is 11.6 Å². The van der Waals surface area contributed by atoms with Crippen molar-refractivity contribution in [3.8, 4) is 0 Å². The van der Waals surface area contributed by atoms with Crippen LogP contribution in [0.4, 0.5) is 0 Å². The van der Waals surface area contributed by atoms with Crippen LogP contribution in [0.1, 0.15) is 46.5 Å². The van der Waals surface area contributed by atoms with Crippen LogP contribution < -0.4 is 0 Å². The Balaban J connectivity index is 3.55. The third-order valence-corrected chi connectivity index (χ3v) is 2.13. The zero-order valence-corrected chi connectivity index (χ0v) is 8.64. The van der Waals surface area contributed by atoms with Gasteiger partial charge in [0.25, 0.3) is 0 Å². The van der Waals surface area contributed by atoms with E-state index in [0.29, 0.717) is 12.5 Å². The molecule has 0 aromatic rings. The van der Waals surface area contributed by atoms with E-state index in [1.807, 2.05) is 0 Å². The minimum Gasteiger partial charge on any atom is -0.396 e. The molecule has 0 aliphatic rings. The molecule has 0 saturated heterocycles. The SMILES string of the molecule is CCCC(C)=CCC(C)CCO. The summed E-state index contributed by atoms with van der Waals surface area (Å²) in [6.07, 6.45) is 6.80. The standard InChI is InChI=1S/C11H22O/c1-4-5-10(2)6-7-11(3)8-9-12/h6,11-12H,4-5,7-9H2,1-3H3. The number of rotatable bonds is 6. The number of hydrogen-bond acceptors (Lipinski definition) is 1. The largest absolute Gasteiger partial charge is 0.396 e. The summed E-state index contributed by atoms with van der Waals surface area (Å²) < 4.78 is 0. The first-order valence-corrected chi connectivity index (χ1v) is 4.97. The Bertz CT molecular complexity index is 127. The zero-order valence-electron chi connectivity index (χ0n) is 8.64. The van der Waals surface area contributed by atoms with Gasteiger partial charge in [0.15, 0.2) is 0 Å². The van der Waals surface area contributed by atoms with Crippen molar-refractivity contribution in [3.05, 3.63) is 11.6 Å². The van der Waals surface area contributed by atoms with Crippen LogP contribution in [0.2, 0.25) is 0 Å². The maximum atomic E-state index is 8.68. The second-order valence-corrected chi connectivity index (χ2v) is 3.65. The Labute approximate surface area is 76.5 Å². The van der Waals surface area contributed by atoms with Crippen molar-refractivity contribution >= 4 is 0 Å². The number of allylic oxidation sites excluding steroid dienone is 2. The smallest absolute Gasteiger partial charge is 0.0433 e. The highest BCUT2D eigenvalue weighted by atomic mass is 16.2. The van der Waals surface area contributed by atoms with Crippen LogP contribution in [0.25, 0.3) is 0 Å². The van der Waals surface area contributed by atoms with E-state index in [2.05, 4.69) is 26.8 Å². The van der Waals surface area contributed by atoms with Crippen LogP contribution in [-0.4, -0.2) is 11.7 Å². The van der Waals surface area contributed by atoms with Gasteiger partial charge in [0.1, 0.15) is 0 Å². The van der Waals surface area contributed by atoms with Crippen molar-refractivity contribution in [1.29, 1.82) is 0 Å². The fourth-order valence-electron chi connectivity index (χ4n) is 1.24. The summed E-state index contributed by atoms with van der Waals surface area (Å²) in [6, 6.07) is 0. The third kappa shape index (κ3) is 6.41. The highest BCUT2D eigenvalue weighted by Gasteiger charge is 1.98. The Morgan fingerprint density at radius 3 is 2.67 bits per heavy atom. The van der Waals surface area contributed by atoms with E-state index in [9.17, 15) is 0 Å². The molecule has 0 saturated carbocycles. The van der Waals surface area contributed by atoms with E-state index in [-0.39, 0.29) is 0 Å². The van der Waals surface area contributed by atoms with E-state index < -0.39 is 0 Å². The molecule has 0 heterocycles. The molecule has 1 N–H and O–H groups in total. The first-order valence-electron chi connectivity index (χ1n) is 4.97. The van der Waals surface area contributed by atoms with Crippen molar-refractivity contribution < 1.29 is 5.11 Å². The average molecular weight is 170 g/mol. The molecule has 0 amide bonds. The van der Waals surface area contributed by atoms with Crippen LogP contribution in [0, 0.1) is 5.92 Å². The summed E-state index contributed by atoms with van der Waals surface area (Å²) in [5.74, 6) is 0.627. The maximum Gasteiger partial charge on any atom is 0.0433 e. The molecular weight excluding hydrogens is 148 g/mol. The van der Waals surface area contributed by atoms with Crippen molar-refractivity contribution in [2.75, 3.05) is 6.61 Å². The molecule has 1 nitrogen and oxygen atoms in total. The summed E-state index contributed by atoms with van der Waals surface area (Å²) in [7, 11) is 0. The molecular formula is C11H22O. The topological polar surface area (TPSA) is 20.2 Å². The van der Waals surface area contributed by atoms with Crippen molar-refractivity contribution in [2.45, 2.75) is 46.5 Å². The molecule has 1 heteroatoms. The van der Waals surface area contributed by atoms with Gasteiger partial charge in [-0.3, -0.25) is 0 Å². The van der Waals surface area contributed by atoms with Crippen molar-refractivity contribution in [3.63, 3.8) is 0 Å². The Morgan fingerprint density at radius 1 is 1.50 bits per heavy atom. The van der Waals surface area contributed by atoms with Gasteiger partial charge in [0, 0.05) is 6.61 Å². The molecule has 1 unspecified atom stereocenters. The van der Waals surface area contributed by atoms with Gasteiger partial charge in [-0.1, -0.05) is 31.9 Å². The molecule has 0 aromatic carbocycles. The fraction of sp³-hybridized carbons (Fsp3) is 0.818. The summed E-state index contributed by atoms with van der Waals surface area (Å²) in [5.41, 5.74) is 1.49. The predicted molar refractivity (Wildman–Crippen MR) is 54.1 cm³/mol. The van der Waals surface area contributed by atoms with Crippen LogP contribution in [0.5, 0.6) is 0 Å². The Kier molecular flexibility index (Phi) is 7.17. The minimum absolute atomic E-state index is 0.321. The van der Waals surface area contributed by atoms with Crippen LogP contribution in [0.3, 0.4) is 0 Å². The lowest BCUT2D eigenvalue weighted by molar-refractivity contribution is 0.263. The predicted octanol–water partition coefficient (Wildman–Crippen LogP) is 3.14. The van der Waals surface area contributed by atoms with Gasteiger partial charge in [-0.15, -0.1) is 0 Å². The second-order valence-electron chi connectivity index (χ2n) is 3.65. The molecule has 0 radical (unpaired) electrons. The third-order valence-electron chi connectivity index (χ3n) is 2.13. The van der Waals surface area contributed by atoms with Crippen molar-refractivity contribution in [1.82, 2.24) is 0 Å². The summed E-state index contributed by atoms with van der Waals surface area (Å²) >= 11 is 0. The molecule has 0 aliphatic heterocycles. The van der Waals surface area contributed by atoms with E-state index in [0.717, 1.165) is 12.8 Å². The molecule has 0 bridgehead atoms. The van der Waals surface area contributed by atoms with E-state index in [1.54, 1.807) is 0 Å². The molecule has 72 valence electrons. The summed E-state index contributed by atoms with van der Waals surface area (Å²) in [5, 5.41) is 8.68. The lowest BCUT2D eigenvalue weighted by Gasteiger charge is -2.06. The highest BCUT2D eigenvalue weighted by Crippen LogP contribution is 2.11.